The Balaban J connectivity index is 2.34. The van der Waals surface area contributed by atoms with E-state index in [1.807, 2.05) is 31.6 Å². The molecular formula is C11H12N6. The Labute approximate surface area is 97.9 Å². The predicted octanol–water partition coefficient (Wildman–Crippen LogP) is 1.17. The summed E-state index contributed by atoms with van der Waals surface area (Å²) in [7, 11) is 1.86. The lowest BCUT2D eigenvalue weighted by Gasteiger charge is -2.03. The topological polar surface area (TPSA) is 61.4 Å². The van der Waals surface area contributed by atoms with Crippen molar-refractivity contribution in [2.45, 2.75) is 13.8 Å². The zero-order valence-electron chi connectivity index (χ0n) is 9.92. The van der Waals surface area contributed by atoms with E-state index < -0.39 is 0 Å². The standard InChI is InChI=1S/C11H12N6/c1-7-4-8(2)17(15-7)11-9-5-14-16(3)10(9)12-6-13-11/h4-6H,1-3H3. The van der Waals surface area contributed by atoms with E-state index >= 15 is 0 Å². The van der Waals surface area contributed by atoms with Gasteiger partial charge >= 0.3 is 0 Å². The van der Waals surface area contributed by atoms with Gasteiger partial charge < -0.3 is 0 Å². The Hall–Kier alpha value is -2.24. The van der Waals surface area contributed by atoms with Crippen molar-refractivity contribution in [2.75, 3.05) is 0 Å². The van der Waals surface area contributed by atoms with Crippen molar-refractivity contribution >= 4 is 11.0 Å². The summed E-state index contributed by atoms with van der Waals surface area (Å²) < 4.78 is 3.55. The molecule has 0 atom stereocenters. The van der Waals surface area contributed by atoms with E-state index in [2.05, 4.69) is 20.2 Å². The Morgan fingerprint density at radius 3 is 2.71 bits per heavy atom. The van der Waals surface area contributed by atoms with Crippen LogP contribution < -0.4 is 0 Å². The molecule has 3 rings (SSSR count). The van der Waals surface area contributed by atoms with Gasteiger partial charge in [-0.2, -0.15) is 10.2 Å². The summed E-state index contributed by atoms with van der Waals surface area (Å²) in [6.07, 6.45) is 3.30. The van der Waals surface area contributed by atoms with Crippen LogP contribution in [0.15, 0.2) is 18.6 Å². The van der Waals surface area contributed by atoms with Gasteiger partial charge in [-0.25, -0.2) is 14.6 Å². The molecule has 0 saturated heterocycles. The van der Waals surface area contributed by atoms with E-state index in [9.17, 15) is 0 Å². The fourth-order valence-electron chi connectivity index (χ4n) is 1.96. The van der Waals surface area contributed by atoms with Gasteiger partial charge in [0.2, 0.25) is 0 Å². The van der Waals surface area contributed by atoms with E-state index in [1.54, 1.807) is 10.9 Å². The number of nitrogens with zero attached hydrogens (tertiary/aromatic N) is 6. The highest BCUT2D eigenvalue weighted by Gasteiger charge is 2.12. The quantitative estimate of drug-likeness (QED) is 0.627. The summed E-state index contributed by atoms with van der Waals surface area (Å²) in [6, 6.07) is 2.02. The van der Waals surface area contributed by atoms with Gasteiger partial charge in [0.15, 0.2) is 11.5 Å². The molecule has 3 aromatic heterocycles. The third kappa shape index (κ3) is 1.41. The lowest BCUT2D eigenvalue weighted by Crippen LogP contribution is -2.03. The van der Waals surface area contributed by atoms with Crippen LogP contribution in [0.4, 0.5) is 0 Å². The van der Waals surface area contributed by atoms with Crippen LogP contribution in [0, 0.1) is 13.8 Å². The van der Waals surface area contributed by atoms with E-state index in [-0.39, 0.29) is 0 Å². The fraction of sp³-hybridized carbons (Fsp3) is 0.273. The first-order valence-corrected chi connectivity index (χ1v) is 5.33. The summed E-state index contributed by atoms with van der Waals surface area (Å²) >= 11 is 0. The molecule has 0 amide bonds. The SMILES string of the molecule is Cc1cc(C)n(-c2ncnc3c2cnn3C)n1. The first-order valence-electron chi connectivity index (χ1n) is 5.33. The molecular weight excluding hydrogens is 216 g/mol. The number of hydrogen-bond donors (Lipinski definition) is 0. The van der Waals surface area contributed by atoms with Crippen LogP contribution in [0.5, 0.6) is 0 Å². The van der Waals surface area contributed by atoms with Crippen molar-refractivity contribution in [3.05, 3.63) is 30.0 Å². The van der Waals surface area contributed by atoms with Crippen LogP contribution in [0.3, 0.4) is 0 Å². The molecule has 86 valence electrons. The van der Waals surface area contributed by atoms with Crippen molar-refractivity contribution in [2.24, 2.45) is 7.05 Å². The zero-order valence-corrected chi connectivity index (χ0v) is 9.92. The second-order valence-electron chi connectivity index (χ2n) is 4.04. The molecule has 6 heteroatoms. The molecule has 0 aromatic carbocycles. The normalized spacial score (nSPS) is 11.2. The molecule has 6 nitrogen and oxygen atoms in total. The first kappa shape index (κ1) is 9.95. The summed E-state index contributed by atoms with van der Waals surface area (Å²) in [5, 5.41) is 9.52. The minimum Gasteiger partial charge on any atom is -0.250 e. The largest absolute Gasteiger partial charge is 0.250 e. The predicted molar refractivity (Wildman–Crippen MR) is 62.9 cm³/mol. The molecule has 0 aliphatic heterocycles. The molecule has 0 spiro atoms. The molecule has 0 bridgehead atoms. The smallest absolute Gasteiger partial charge is 0.168 e. The Bertz CT molecular complexity index is 693. The van der Waals surface area contributed by atoms with Gasteiger partial charge in [-0.3, -0.25) is 4.68 Å². The van der Waals surface area contributed by atoms with Crippen LogP contribution in [0.25, 0.3) is 16.9 Å². The van der Waals surface area contributed by atoms with Crippen molar-refractivity contribution in [3.8, 4) is 5.82 Å². The van der Waals surface area contributed by atoms with Crippen molar-refractivity contribution in [3.63, 3.8) is 0 Å². The van der Waals surface area contributed by atoms with Crippen molar-refractivity contribution in [1.29, 1.82) is 0 Å². The average Bonchev–Trinajstić information content (AvgIpc) is 2.83. The van der Waals surface area contributed by atoms with Crippen LogP contribution >= 0.6 is 0 Å². The Kier molecular flexibility index (Phi) is 1.98. The van der Waals surface area contributed by atoms with Gasteiger partial charge in [-0.1, -0.05) is 0 Å². The number of fused-ring (bicyclic) bond motifs is 1. The Morgan fingerprint density at radius 1 is 1.18 bits per heavy atom. The summed E-state index contributed by atoms with van der Waals surface area (Å²) in [5.41, 5.74) is 2.83. The molecule has 0 saturated carbocycles. The molecule has 0 fully saturated rings. The third-order valence-corrected chi connectivity index (χ3v) is 2.72. The molecule has 0 unspecified atom stereocenters. The van der Waals surface area contributed by atoms with Crippen molar-refractivity contribution in [1.82, 2.24) is 29.5 Å². The van der Waals surface area contributed by atoms with Gasteiger partial charge in [0.25, 0.3) is 0 Å². The lowest BCUT2D eigenvalue weighted by atomic mass is 10.3. The summed E-state index contributed by atoms with van der Waals surface area (Å²) in [5.74, 6) is 0.772. The maximum Gasteiger partial charge on any atom is 0.168 e. The molecule has 17 heavy (non-hydrogen) atoms. The van der Waals surface area contributed by atoms with Gasteiger partial charge in [0.05, 0.1) is 17.3 Å². The summed E-state index contributed by atoms with van der Waals surface area (Å²) in [6.45, 7) is 3.97. The van der Waals surface area contributed by atoms with Crippen LogP contribution in [-0.2, 0) is 7.05 Å². The monoisotopic (exact) mass is 228 g/mol. The van der Waals surface area contributed by atoms with Crippen LogP contribution in [-0.4, -0.2) is 29.5 Å². The highest BCUT2D eigenvalue weighted by molar-refractivity contribution is 5.81. The molecule has 0 aliphatic carbocycles. The number of hydrogen-bond acceptors (Lipinski definition) is 4. The highest BCUT2D eigenvalue weighted by atomic mass is 15.3. The zero-order chi connectivity index (χ0) is 12.0. The number of rotatable bonds is 1. The van der Waals surface area contributed by atoms with E-state index in [1.165, 1.54) is 6.33 Å². The minimum absolute atomic E-state index is 0.772. The molecule has 0 aliphatic rings. The maximum absolute atomic E-state index is 4.43. The number of aromatic nitrogens is 6. The van der Waals surface area contributed by atoms with E-state index in [4.69, 9.17) is 0 Å². The minimum atomic E-state index is 0.772. The van der Waals surface area contributed by atoms with E-state index in [0.29, 0.717) is 0 Å². The third-order valence-electron chi connectivity index (χ3n) is 2.72. The molecule has 3 aromatic rings. The second kappa shape index (κ2) is 3.38. The first-order chi connectivity index (χ1) is 8.16. The fourth-order valence-corrected chi connectivity index (χ4v) is 1.96. The second-order valence-corrected chi connectivity index (χ2v) is 4.04. The van der Waals surface area contributed by atoms with Crippen LogP contribution in [0.1, 0.15) is 11.4 Å². The molecule has 0 radical (unpaired) electrons. The Morgan fingerprint density at radius 2 is 2.00 bits per heavy atom. The molecule has 3 heterocycles. The van der Waals surface area contributed by atoms with Gasteiger partial charge in [0.1, 0.15) is 6.33 Å². The average molecular weight is 228 g/mol. The maximum atomic E-state index is 4.43. The van der Waals surface area contributed by atoms with E-state index in [0.717, 1.165) is 28.2 Å². The van der Waals surface area contributed by atoms with Gasteiger partial charge in [-0.05, 0) is 19.9 Å². The highest BCUT2D eigenvalue weighted by Crippen LogP contribution is 2.18. The van der Waals surface area contributed by atoms with Gasteiger partial charge in [0, 0.05) is 12.7 Å². The van der Waals surface area contributed by atoms with Gasteiger partial charge in [-0.15, -0.1) is 0 Å². The number of aryl methyl sites for hydroxylation is 3. The lowest BCUT2D eigenvalue weighted by molar-refractivity contribution is 0.782. The molecule has 0 N–H and O–H groups in total. The van der Waals surface area contributed by atoms with Crippen LogP contribution in [0.2, 0.25) is 0 Å². The van der Waals surface area contributed by atoms with Crippen molar-refractivity contribution < 1.29 is 0 Å². The summed E-state index contributed by atoms with van der Waals surface area (Å²) in [4.78, 5) is 8.51.